The van der Waals surface area contributed by atoms with E-state index >= 15 is 0 Å². The Morgan fingerprint density at radius 2 is 2.42 bits per heavy atom. The van der Waals surface area contributed by atoms with Gasteiger partial charge in [-0.2, -0.15) is 11.8 Å². The molecule has 1 saturated heterocycles. The molecule has 0 aromatic carbocycles. The van der Waals surface area contributed by atoms with Gasteiger partial charge in [0.05, 0.1) is 0 Å². The van der Waals surface area contributed by atoms with Crippen LogP contribution < -0.4 is 5.73 Å². The Hall–Kier alpha value is 0.01000. The molecule has 1 aliphatic heterocycles. The van der Waals surface area contributed by atoms with Crippen LogP contribution in [-0.4, -0.2) is 42.1 Å². The molecule has 1 rings (SSSR count). The molecule has 70 valence electrons. The van der Waals surface area contributed by atoms with Gasteiger partial charge in [-0.25, -0.2) is 0 Å². The summed E-state index contributed by atoms with van der Waals surface area (Å²) in [6.45, 7) is 7.06. The molecule has 1 fully saturated rings. The molecule has 1 aliphatic rings. The Bertz CT molecular complexity index is 170. The summed E-state index contributed by atoms with van der Waals surface area (Å²) in [6, 6.07) is 0.629. The lowest BCUT2D eigenvalue weighted by Gasteiger charge is -2.36. The van der Waals surface area contributed by atoms with E-state index in [-0.39, 0.29) is 6.04 Å². The maximum Gasteiger partial charge on any atom is 0.0414 e. The van der Waals surface area contributed by atoms with E-state index in [2.05, 4.69) is 18.5 Å². The van der Waals surface area contributed by atoms with Crippen molar-refractivity contribution in [3.63, 3.8) is 0 Å². The Kier molecular flexibility index (Phi) is 3.62. The van der Waals surface area contributed by atoms with Gasteiger partial charge >= 0.3 is 0 Å². The molecule has 0 bridgehead atoms. The van der Waals surface area contributed by atoms with Crippen LogP contribution in [0.1, 0.15) is 6.92 Å². The zero-order valence-corrected chi connectivity index (χ0v) is 8.73. The van der Waals surface area contributed by atoms with Crippen LogP contribution in [0.4, 0.5) is 0 Å². The average molecular weight is 186 g/mol. The van der Waals surface area contributed by atoms with E-state index in [9.17, 15) is 0 Å². The predicted molar refractivity (Wildman–Crippen MR) is 56.5 cm³/mol. The van der Waals surface area contributed by atoms with Crippen molar-refractivity contribution in [3.05, 3.63) is 12.2 Å². The summed E-state index contributed by atoms with van der Waals surface area (Å²) in [4.78, 5) is 2.34. The molecule has 0 aromatic heterocycles. The standard InChI is InChI=1S/C9H18N2S/c1-7(2)9(10)8-6-12-5-4-11(8)3/h8-9H,1,4-6,10H2,2-3H3. The van der Waals surface area contributed by atoms with E-state index in [1.807, 2.05) is 18.7 Å². The summed E-state index contributed by atoms with van der Waals surface area (Å²) >= 11 is 1.99. The van der Waals surface area contributed by atoms with E-state index in [0.717, 1.165) is 17.9 Å². The van der Waals surface area contributed by atoms with Crippen molar-refractivity contribution < 1.29 is 0 Å². The summed E-state index contributed by atoms with van der Waals surface area (Å²) in [5, 5.41) is 0. The number of hydrogen-bond donors (Lipinski definition) is 1. The SMILES string of the molecule is C=C(C)C(N)C1CSCCN1C. The first-order valence-electron chi connectivity index (χ1n) is 4.32. The molecule has 1 heterocycles. The molecule has 0 aliphatic carbocycles. The minimum atomic E-state index is 0.141. The van der Waals surface area contributed by atoms with Crippen molar-refractivity contribution in [2.24, 2.45) is 5.73 Å². The maximum atomic E-state index is 6.03. The van der Waals surface area contributed by atoms with Crippen molar-refractivity contribution in [2.75, 3.05) is 25.1 Å². The van der Waals surface area contributed by atoms with Gasteiger partial charge in [-0.1, -0.05) is 12.2 Å². The van der Waals surface area contributed by atoms with Crippen LogP contribution in [0.3, 0.4) is 0 Å². The molecule has 0 spiro atoms. The molecule has 0 aromatic rings. The first-order valence-corrected chi connectivity index (χ1v) is 5.47. The van der Waals surface area contributed by atoms with Gasteiger partial charge in [-0.05, 0) is 14.0 Å². The van der Waals surface area contributed by atoms with Gasteiger partial charge in [0.2, 0.25) is 0 Å². The number of rotatable bonds is 2. The molecule has 2 nitrogen and oxygen atoms in total. The predicted octanol–water partition coefficient (Wildman–Crippen LogP) is 0.937. The normalized spacial score (nSPS) is 28.4. The van der Waals surface area contributed by atoms with Crippen LogP contribution in [0.15, 0.2) is 12.2 Å². The number of likely N-dealkylation sites (N-methyl/N-ethyl adjacent to an activating group) is 1. The van der Waals surface area contributed by atoms with Crippen LogP contribution in [0, 0.1) is 0 Å². The molecule has 2 N–H and O–H groups in total. The number of nitrogens with two attached hydrogens (primary N) is 1. The second kappa shape index (κ2) is 4.30. The highest BCUT2D eigenvalue weighted by Gasteiger charge is 2.25. The topological polar surface area (TPSA) is 29.3 Å². The van der Waals surface area contributed by atoms with Crippen LogP contribution >= 0.6 is 11.8 Å². The van der Waals surface area contributed by atoms with Gasteiger partial charge in [0.25, 0.3) is 0 Å². The van der Waals surface area contributed by atoms with Gasteiger partial charge in [0.15, 0.2) is 0 Å². The molecule has 3 heteroatoms. The van der Waals surface area contributed by atoms with Gasteiger partial charge in [0, 0.05) is 30.1 Å². The van der Waals surface area contributed by atoms with Gasteiger partial charge in [-0.15, -0.1) is 0 Å². The zero-order chi connectivity index (χ0) is 9.14. The number of nitrogens with zero attached hydrogens (tertiary/aromatic N) is 1. The summed E-state index contributed by atoms with van der Waals surface area (Å²) in [7, 11) is 2.15. The fourth-order valence-electron chi connectivity index (χ4n) is 1.41. The summed E-state index contributed by atoms with van der Waals surface area (Å²) in [5.41, 5.74) is 7.12. The van der Waals surface area contributed by atoms with E-state index in [0.29, 0.717) is 6.04 Å². The number of thioether (sulfide) groups is 1. The second-order valence-electron chi connectivity index (χ2n) is 3.50. The molecule has 0 amide bonds. The highest BCUT2D eigenvalue weighted by molar-refractivity contribution is 7.99. The summed E-state index contributed by atoms with van der Waals surface area (Å²) in [5.74, 6) is 2.38. The van der Waals surface area contributed by atoms with Crippen LogP contribution in [0.5, 0.6) is 0 Å². The highest BCUT2D eigenvalue weighted by Crippen LogP contribution is 2.18. The summed E-state index contributed by atoms with van der Waals surface area (Å²) < 4.78 is 0. The molecule has 2 unspecified atom stereocenters. The van der Waals surface area contributed by atoms with Gasteiger partial charge < -0.3 is 5.73 Å². The highest BCUT2D eigenvalue weighted by atomic mass is 32.2. The largest absolute Gasteiger partial charge is 0.323 e. The quantitative estimate of drug-likeness (QED) is 0.651. The van der Waals surface area contributed by atoms with Crippen molar-refractivity contribution in [3.8, 4) is 0 Å². The van der Waals surface area contributed by atoms with Crippen molar-refractivity contribution in [2.45, 2.75) is 19.0 Å². The Morgan fingerprint density at radius 3 is 2.92 bits per heavy atom. The lowest BCUT2D eigenvalue weighted by molar-refractivity contribution is 0.249. The van der Waals surface area contributed by atoms with Crippen molar-refractivity contribution >= 4 is 11.8 Å². The lowest BCUT2D eigenvalue weighted by atomic mass is 10.0. The minimum Gasteiger partial charge on any atom is -0.323 e. The van der Waals surface area contributed by atoms with E-state index in [4.69, 9.17) is 5.73 Å². The third-order valence-electron chi connectivity index (χ3n) is 2.43. The summed E-state index contributed by atoms with van der Waals surface area (Å²) in [6.07, 6.45) is 0. The monoisotopic (exact) mass is 186 g/mol. The molecule has 0 radical (unpaired) electrons. The fourth-order valence-corrected chi connectivity index (χ4v) is 2.70. The van der Waals surface area contributed by atoms with Gasteiger partial charge in [0.1, 0.15) is 0 Å². The molecular formula is C9H18N2S. The molecular weight excluding hydrogens is 168 g/mol. The Morgan fingerprint density at radius 1 is 1.75 bits per heavy atom. The minimum absolute atomic E-state index is 0.141. The van der Waals surface area contributed by atoms with E-state index < -0.39 is 0 Å². The number of hydrogen-bond acceptors (Lipinski definition) is 3. The Labute approximate surface area is 79.2 Å². The molecule has 0 saturated carbocycles. The van der Waals surface area contributed by atoms with Gasteiger partial charge in [-0.3, -0.25) is 4.90 Å². The smallest absolute Gasteiger partial charge is 0.0414 e. The first-order chi connectivity index (χ1) is 5.63. The maximum absolute atomic E-state index is 6.03. The van der Waals surface area contributed by atoms with Crippen LogP contribution in [0.2, 0.25) is 0 Å². The molecule has 12 heavy (non-hydrogen) atoms. The van der Waals surface area contributed by atoms with E-state index in [1.54, 1.807) is 0 Å². The van der Waals surface area contributed by atoms with E-state index in [1.165, 1.54) is 5.75 Å². The van der Waals surface area contributed by atoms with Crippen LogP contribution in [0.25, 0.3) is 0 Å². The third kappa shape index (κ3) is 2.25. The van der Waals surface area contributed by atoms with Crippen molar-refractivity contribution in [1.29, 1.82) is 0 Å². The third-order valence-corrected chi connectivity index (χ3v) is 3.48. The second-order valence-corrected chi connectivity index (χ2v) is 4.64. The van der Waals surface area contributed by atoms with Crippen molar-refractivity contribution in [1.82, 2.24) is 4.90 Å². The average Bonchev–Trinajstić information content (AvgIpc) is 2.04. The fraction of sp³-hybridized carbons (Fsp3) is 0.778. The molecule has 2 atom stereocenters. The lowest BCUT2D eigenvalue weighted by Crippen LogP contribution is -2.51. The van der Waals surface area contributed by atoms with Crippen LogP contribution in [-0.2, 0) is 0 Å². The Balaban J connectivity index is 2.53. The zero-order valence-electron chi connectivity index (χ0n) is 7.92. The first kappa shape index (κ1) is 10.1.